The fourth-order valence-electron chi connectivity index (χ4n) is 11.0. The summed E-state index contributed by atoms with van der Waals surface area (Å²) in [6.45, 7) is 0. The molecule has 3 aromatic heterocycles. The molecule has 0 atom stereocenters. The molecule has 0 aliphatic rings. The van der Waals surface area contributed by atoms with Gasteiger partial charge in [-0.25, -0.2) is 15.0 Å². The van der Waals surface area contributed by atoms with Crippen molar-refractivity contribution in [1.29, 1.82) is 5.26 Å². The van der Waals surface area contributed by atoms with Gasteiger partial charge in [0.1, 0.15) is 0 Å². The molecule has 0 fully saturated rings. The van der Waals surface area contributed by atoms with E-state index in [2.05, 4.69) is 209 Å². The van der Waals surface area contributed by atoms with Crippen molar-refractivity contribution in [2.75, 3.05) is 0 Å². The Labute approximate surface area is 439 Å². The number of benzene rings is 11. The van der Waals surface area contributed by atoms with Crippen molar-refractivity contribution in [1.82, 2.24) is 24.1 Å². The highest BCUT2D eigenvalue weighted by molar-refractivity contribution is 6.12. The van der Waals surface area contributed by atoms with E-state index in [4.69, 9.17) is 15.0 Å². The van der Waals surface area contributed by atoms with E-state index in [-0.39, 0.29) is 0 Å². The van der Waals surface area contributed by atoms with Gasteiger partial charge in [-0.1, -0.05) is 188 Å². The fraction of sp³-hybridized carbons (Fsp3) is 0. The monoisotopic (exact) mass is 968 g/mol. The summed E-state index contributed by atoms with van der Waals surface area (Å²) < 4.78 is 4.80. The second-order valence-corrected chi connectivity index (χ2v) is 19.1. The van der Waals surface area contributed by atoms with E-state index in [1.807, 2.05) is 72.8 Å². The zero-order valence-corrected chi connectivity index (χ0v) is 41.1. The Balaban J connectivity index is 1.04. The molecular formula is C70H44N6. The molecule has 354 valence electrons. The third-order valence-electron chi connectivity index (χ3n) is 14.6. The van der Waals surface area contributed by atoms with Gasteiger partial charge in [-0.3, -0.25) is 0 Å². The summed E-state index contributed by atoms with van der Waals surface area (Å²) in [5, 5.41) is 14.7. The van der Waals surface area contributed by atoms with Gasteiger partial charge in [0.25, 0.3) is 0 Å². The first-order chi connectivity index (χ1) is 37.6. The molecule has 3 heterocycles. The van der Waals surface area contributed by atoms with Crippen LogP contribution >= 0.6 is 0 Å². The van der Waals surface area contributed by atoms with Crippen LogP contribution in [-0.4, -0.2) is 24.1 Å². The molecule has 11 aromatic carbocycles. The lowest BCUT2D eigenvalue weighted by atomic mass is 9.94. The Bertz CT molecular complexity index is 4500. The average Bonchev–Trinajstić information content (AvgIpc) is 4.07. The van der Waals surface area contributed by atoms with Crippen LogP contribution in [0.5, 0.6) is 0 Å². The summed E-state index contributed by atoms with van der Waals surface area (Å²) in [5.74, 6) is 1.77. The second kappa shape index (κ2) is 18.5. The highest BCUT2D eigenvalue weighted by atomic mass is 15.0. The molecule has 0 radical (unpaired) electrons. The maximum atomic E-state index is 10.00. The molecule has 0 saturated heterocycles. The molecule has 14 rings (SSSR count). The van der Waals surface area contributed by atoms with E-state index in [9.17, 15) is 5.26 Å². The third kappa shape index (κ3) is 7.70. The summed E-state index contributed by atoms with van der Waals surface area (Å²) in [5.41, 5.74) is 18.4. The number of hydrogen-bond donors (Lipinski definition) is 0. The Kier molecular flexibility index (Phi) is 10.8. The molecule has 6 heteroatoms. The molecule has 76 heavy (non-hydrogen) atoms. The smallest absolute Gasteiger partial charge is 0.164 e. The summed E-state index contributed by atoms with van der Waals surface area (Å²) in [7, 11) is 0. The number of fused-ring (bicyclic) bond motifs is 6. The summed E-state index contributed by atoms with van der Waals surface area (Å²) in [4.78, 5) is 15.5. The van der Waals surface area contributed by atoms with Crippen molar-refractivity contribution in [3.05, 3.63) is 272 Å². The fourth-order valence-corrected chi connectivity index (χ4v) is 11.0. The maximum Gasteiger partial charge on any atom is 0.164 e. The minimum atomic E-state index is 0.569. The van der Waals surface area contributed by atoms with Crippen LogP contribution < -0.4 is 0 Å². The standard InChI is InChI=1S/C70H44N6/c71-45-46-29-31-49(32-30-46)58-43-54(35-39-64(58)75-62-27-15-13-25-56(62)60-41-52(33-37-66(60)75)47-17-5-1-6-18-47)59-44-55(70-73-68(50-21-9-3-10-22-50)72-69(74-70)51-23-11-4-12-24-51)36-40-65(59)76-63-28-16-14-26-57(63)61-42-53(34-38-67(61)76)48-19-7-2-8-20-48/h1-44H. The summed E-state index contributed by atoms with van der Waals surface area (Å²) in [6, 6.07) is 96.1. The molecular weight excluding hydrogens is 925 g/mol. The minimum Gasteiger partial charge on any atom is -0.309 e. The van der Waals surface area contributed by atoms with E-state index in [1.54, 1.807) is 0 Å². The van der Waals surface area contributed by atoms with Gasteiger partial charge < -0.3 is 9.13 Å². The van der Waals surface area contributed by atoms with Gasteiger partial charge >= 0.3 is 0 Å². The predicted molar refractivity (Wildman–Crippen MR) is 311 cm³/mol. The van der Waals surface area contributed by atoms with E-state index in [0.717, 1.165) is 88.9 Å². The zero-order valence-electron chi connectivity index (χ0n) is 41.1. The number of rotatable bonds is 9. The van der Waals surface area contributed by atoms with Crippen LogP contribution in [0.15, 0.2) is 267 Å². The van der Waals surface area contributed by atoms with E-state index in [0.29, 0.717) is 23.0 Å². The van der Waals surface area contributed by atoms with Crippen LogP contribution in [0.1, 0.15) is 5.56 Å². The minimum absolute atomic E-state index is 0.569. The number of nitrogens with zero attached hydrogens (tertiary/aromatic N) is 6. The van der Waals surface area contributed by atoms with Crippen molar-refractivity contribution < 1.29 is 0 Å². The van der Waals surface area contributed by atoms with Crippen molar-refractivity contribution in [3.8, 4) is 96.1 Å². The van der Waals surface area contributed by atoms with Crippen molar-refractivity contribution in [2.24, 2.45) is 0 Å². The van der Waals surface area contributed by atoms with Crippen molar-refractivity contribution in [3.63, 3.8) is 0 Å². The molecule has 0 bridgehead atoms. The molecule has 14 aromatic rings. The quantitative estimate of drug-likeness (QED) is 0.144. The number of hydrogen-bond acceptors (Lipinski definition) is 4. The lowest BCUT2D eigenvalue weighted by molar-refractivity contribution is 1.07. The summed E-state index contributed by atoms with van der Waals surface area (Å²) >= 11 is 0. The summed E-state index contributed by atoms with van der Waals surface area (Å²) in [6.07, 6.45) is 0. The molecule has 6 nitrogen and oxygen atoms in total. The maximum absolute atomic E-state index is 10.00. The highest BCUT2D eigenvalue weighted by Gasteiger charge is 2.22. The van der Waals surface area contributed by atoms with Crippen LogP contribution in [0.4, 0.5) is 0 Å². The number of para-hydroxylation sites is 2. The average molecular weight is 969 g/mol. The molecule has 0 aliphatic heterocycles. The van der Waals surface area contributed by atoms with Gasteiger partial charge in [-0.05, 0) is 112 Å². The lowest BCUT2D eigenvalue weighted by Gasteiger charge is -2.19. The van der Waals surface area contributed by atoms with Gasteiger partial charge in [0.2, 0.25) is 0 Å². The van der Waals surface area contributed by atoms with Crippen LogP contribution in [0, 0.1) is 11.3 Å². The SMILES string of the molecule is N#Cc1ccc(-c2cc(-c3cc(-c4nc(-c5ccccc5)nc(-c5ccccc5)n4)ccc3-n3c4ccccc4c4cc(-c5ccccc5)ccc43)ccc2-n2c3ccccc3c3cc(-c4ccccc4)ccc32)cc1. The Hall–Kier alpha value is -10.5. The third-order valence-corrected chi connectivity index (χ3v) is 14.6. The zero-order chi connectivity index (χ0) is 50.5. The highest BCUT2D eigenvalue weighted by Crippen LogP contribution is 2.44. The van der Waals surface area contributed by atoms with Crippen LogP contribution in [-0.2, 0) is 0 Å². The Morgan fingerprint density at radius 3 is 1.09 bits per heavy atom. The topological polar surface area (TPSA) is 72.3 Å². The van der Waals surface area contributed by atoms with Crippen LogP contribution in [0.2, 0.25) is 0 Å². The van der Waals surface area contributed by atoms with Crippen LogP contribution in [0.3, 0.4) is 0 Å². The molecule has 0 amide bonds. The van der Waals surface area contributed by atoms with Gasteiger partial charge in [-0.15, -0.1) is 0 Å². The van der Waals surface area contributed by atoms with E-state index < -0.39 is 0 Å². The van der Waals surface area contributed by atoms with Gasteiger partial charge in [0.15, 0.2) is 17.5 Å². The first-order valence-corrected chi connectivity index (χ1v) is 25.5. The predicted octanol–water partition coefficient (Wildman–Crippen LogP) is 17.6. The normalized spacial score (nSPS) is 11.4. The Morgan fingerprint density at radius 2 is 0.618 bits per heavy atom. The molecule has 0 N–H and O–H groups in total. The molecule has 0 aliphatic carbocycles. The van der Waals surface area contributed by atoms with Crippen LogP contribution in [0.25, 0.3) is 134 Å². The number of aromatic nitrogens is 5. The number of nitriles is 1. The van der Waals surface area contributed by atoms with Gasteiger partial charge in [0.05, 0.1) is 45.1 Å². The largest absolute Gasteiger partial charge is 0.309 e. The lowest BCUT2D eigenvalue weighted by Crippen LogP contribution is -2.02. The van der Waals surface area contributed by atoms with E-state index >= 15 is 0 Å². The second-order valence-electron chi connectivity index (χ2n) is 19.1. The van der Waals surface area contributed by atoms with Gasteiger partial charge in [0, 0.05) is 49.4 Å². The first-order valence-electron chi connectivity index (χ1n) is 25.5. The molecule has 0 saturated carbocycles. The van der Waals surface area contributed by atoms with E-state index in [1.165, 1.54) is 27.3 Å². The molecule has 0 unspecified atom stereocenters. The molecule has 0 spiro atoms. The first kappa shape index (κ1) is 44.2. The van der Waals surface area contributed by atoms with Crippen molar-refractivity contribution in [2.45, 2.75) is 0 Å². The van der Waals surface area contributed by atoms with Gasteiger partial charge in [-0.2, -0.15) is 5.26 Å². The van der Waals surface area contributed by atoms with Crippen molar-refractivity contribution >= 4 is 43.6 Å². The Morgan fingerprint density at radius 1 is 0.263 bits per heavy atom.